The minimum Gasteiger partial charge on any atom is -0.359 e. The molecular weight excluding hydrogens is 466 g/mol. The van der Waals surface area contributed by atoms with Crippen molar-refractivity contribution in [3.63, 3.8) is 0 Å². The molecule has 10 heteroatoms. The summed E-state index contributed by atoms with van der Waals surface area (Å²) in [7, 11) is -3.90. The molecule has 0 spiro atoms. The first-order valence-electron chi connectivity index (χ1n) is 10.8. The van der Waals surface area contributed by atoms with Crippen molar-refractivity contribution in [2.45, 2.75) is 24.9 Å². The summed E-state index contributed by atoms with van der Waals surface area (Å²) >= 11 is 0. The van der Waals surface area contributed by atoms with Gasteiger partial charge in [0, 0.05) is 24.5 Å². The van der Waals surface area contributed by atoms with Gasteiger partial charge in [-0.2, -0.15) is 4.31 Å². The fourth-order valence-electron chi connectivity index (χ4n) is 3.48. The molecule has 0 atom stereocenters. The predicted octanol–water partition coefficient (Wildman–Crippen LogP) is 4.49. The summed E-state index contributed by atoms with van der Waals surface area (Å²) in [5.41, 5.74) is 3.26. The van der Waals surface area contributed by atoms with Gasteiger partial charge in [-0.1, -0.05) is 40.1 Å². The molecule has 4 aromatic heterocycles. The molecule has 9 nitrogen and oxygen atoms in total. The van der Waals surface area contributed by atoms with Crippen LogP contribution in [0.1, 0.15) is 17.1 Å². The molecule has 0 N–H and O–H groups in total. The van der Waals surface area contributed by atoms with E-state index >= 15 is 0 Å². The van der Waals surface area contributed by atoms with Gasteiger partial charge in [0.25, 0.3) is 0 Å². The molecule has 4 heterocycles. The maximum Gasteiger partial charge on any atom is 0.243 e. The van der Waals surface area contributed by atoms with Crippen molar-refractivity contribution >= 4 is 10.0 Å². The summed E-state index contributed by atoms with van der Waals surface area (Å²) in [5, 5.41) is 8.11. The van der Waals surface area contributed by atoms with Gasteiger partial charge in [0.15, 0.2) is 11.5 Å². The Labute approximate surface area is 202 Å². The SMILES string of the molecule is Cc1ccc(S(=O)(=O)N(Cc2cc(-c3ccccn3)no2)Cc2cc(-c3ccccn3)no2)cc1. The van der Waals surface area contributed by atoms with Gasteiger partial charge in [-0.15, -0.1) is 0 Å². The first-order chi connectivity index (χ1) is 17.0. The Bertz CT molecular complexity index is 1440. The normalized spacial score (nSPS) is 11.7. The number of nitrogens with zero attached hydrogens (tertiary/aromatic N) is 5. The lowest BCUT2D eigenvalue weighted by molar-refractivity contribution is 0.288. The number of benzene rings is 1. The number of pyridine rings is 2. The van der Waals surface area contributed by atoms with Crippen molar-refractivity contribution in [2.24, 2.45) is 0 Å². The Morgan fingerprint density at radius 1 is 0.714 bits per heavy atom. The van der Waals surface area contributed by atoms with Crippen LogP contribution in [-0.4, -0.2) is 33.0 Å². The van der Waals surface area contributed by atoms with Gasteiger partial charge in [0.2, 0.25) is 10.0 Å². The van der Waals surface area contributed by atoms with Crippen LogP contribution in [0.3, 0.4) is 0 Å². The van der Waals surface area contributed by atoms with Crippen molar-refractivity contribution in [3.8, 4) is 22.8 Å². The molecule has 0 unspecified atom stereocenters. The highest BCUT2D eigenvalue weighted by molar-refractivity contribution is 7.89. The first-order valence-corrected chi connectivity index (χ1v) is 12.2. The van der Waals surface area contributed by atoms with Gasteiger partial charge in [0.1, 0.15) is 11.4 Å². The topological polar surface area (TPSA) is 115 Å². The fraction of sp³-hybridized carbons (Fsp3) is 0.120. The van der Waals surface area contributed by atoms with E-state index in [4.69, 9.17) is 9.05 Å². The number of aromatic nitrogens is 4. The molecule has 0 saturated heterocycles. The Kier molecular flexibility index (Phi) is 6.21. The van der Waals surface area contributed by atoms with Crippen LogP contribution in [0.15, 0.2) is 99.1 Å². The highest BCUT2D eigenvalue weighted by atomic mass is 32.2. The van der Waals surface area contributed by atoms with E-state index < -0.39 is 10.0 Å². The summed E-state index contributed by atoms with van der Waals surface area (Å²) in [6, 6.07) is 20.9. The summed E-state index contributed by atoms with van der Waals surface area (Å²) in [6.07, 6.45) is 3.31. The first kappa shape index (κ1) is 22.6. The lowest BCUT2D eigenvalue weighted by atomic mass is 10.2. The van der Waals surface area contributed by atoms with Crippen LogP contribution in [0.4, 0.5) is 0 Å². The number of hydrogen-bond donors (Lipinski definition) is 0. The lowest BCUT2D eigenvalue weighted by Gasteiger charge is -2.19. The molecule has 1 aromatic carbocycles. The van der Waals surface area contributed by atoms with Gasteiger partial charge < -0.3 is 9.05 Å². The van der Waals surface area contributed by atoms with Crippen LogP contribution in [0.25, 0.3) is 22.8 Å². The summed E-state index contributed by atoms with van der Waals surface area (Å²) in [6.45, 7) is 1.78. The van der Waals surface area contributed by atoms with Crippen LogP contribution < -0.4 is 0 Å². The zero-order valence-electron chi connectivity index (χ0n) is 18.8. The Morgan fingerprint density at radius 2 is 1.23 bits per heavy atom. The van der Waals surface area contributed by atoms with E-state index in [1.54, 1.807) is 73.1 Å². The van der Waals surface area contributed by atoms with E-state index in [1.807, 2.05) is 19.1 Å². The van der Waals surface area contributed by atoms with E-state index in [1.165, 1.54) is 4.31 Å². The maximum absolute atomic E-state index is 13.6. The van der Waals surface area contributed by atoms with Gasteiger partial charge in [-0.05, 0) is 43.3 Å². The lowest BCUT2D eigenvalue weighted by Crippen LogP contribution is -2.30. The molecular formula is C25H21N5O4S. The van der Waals surface area contributed by atoms with Crippen molar-refractivity contribution in [2.75, 3.05) is 0 Å². The minimum atomic E-state index is -3.90. The predicted molar refractivity (Wildman–Crippen MR) is 127 cm³/mol. The standard InChI is InChI=1S/C25H21N5O4S/c1-18-8-10-21(11-9-18)35(31,32)30(16-19-14-24(28-33-19)22-6-2-4-12-26-22)17-20-15-25(29-34-20)23-7-3-5-13-27-23/h2-15H,16-17H2,1H3. The third-order valence-corrected chi connectivity index (χ3v) is 7.10. The highest BCUT2D eigenvalue weighted by Gasteiger charge is 2.28. The van der Waals surface area contributed by atoms with Gasteiger partial charge in [0.05, 0.1) is 29.4 Å². The molecule has 0 amide bonds. The maximum atomic E-state index is 13.6. The van der Waals surface area contributed by atoms with E-state index in [0.717, 1.165) is 5.56 Å². The van der Waals surface area contributed by atoms with Crippen molar-refractivity contribution in [3.05, 3.63) is 102 Å². The van der Waals surface area contributed by atoms with Crippen molar-refractivity contribution < 1.29 is 17.5 Å². The Balaban J connectivity index is 1.46. The van der Waals surface area contributed by atoms with Crippen molar-refractivity contribution in [1.82, 2.24) is 24.6 Å². The smallest absolute Gasteiger partial charge is 0.243 e. The second kappa shape index (κ2) is 9.61. The molecule has 0 saturated carbocycles. The van der Waals surface area contributed by atoms with Gasteiger partial charge in [-0.3, -0.25) is 9.97 Å². The summed E-state index contributed by atoms with van der Waals surface area (Å²) in [5.74, 6) is 0.733. The zero-order chi connectivity index (χ0) is 24.3. The second-order valence-electron chi connectivity index (χ2n) is 7.87. The highest BCUT2D eigenvalue weighted by Crippen LogP contribution is 2.25. The van der Waals surface area contributed by atoms with Gasteiger partial charge in [-0.25, -0.2) is 8.42 Å². The molecule has 176 valence electrons. The molecule has 0 aliphatic rings. The largest absolute Gasteiger partial charge is 0.359 e. The van der Waals surface area contributed by atoms with Crippen LogP contribution in [0, 0.1) is 6.92 Å². The van der Waals surface area contributed by atoms with Crippen LogP contribution in [0.5, 0.6) is 0 Å². The molecule has 0 radical (unpaired) electrons. The molecule has 0 fully saturated rings. The van der Waals surface area contributed by atoms with E-state index in [2.05, 4.69) is 20.3 Å². The monoisotopic (exact) mass is 487 g/mol. The molecule has 5 rings (SSSR count). The number of aryl methyl sites for hydroxylation is 1. The number of rotatable bonds is 8. The average Bonchev–Trinajstić information content (AvgIpc) is 3.55. The van der Waals surface area contributed by atoms with E-state index in [9.17, 15) is 8.42 Å². The average molecular weight is 488 g/mol. The molecule has 0 bridgehead atoms. The second-order valence-corrected chi connectivity index (χ2v) is 9.81. The fourth-order valence-corrected chi connectivity index (χ4v) is 4.85. The molecule has 5 aromatic rings. The summed E-state index contributed by atoms with van der Waals surface area (Å²) < 4.78 is 39.4. The zero-order valence-corrected chi connectivity index (χ0v) is 19.6. The third kappa shape index (κ3) is 5.03. The Hall–Kier alpha value is -4.15. The van der Waals surface area contributed by atoms with Crippen molar-refractivity contribution in [1.29, 1.82) is 0 Å². The van der Waals surface area contributed by atoms with E-state index in [-0.39, 0.29) is 18.0 Å². The van der Waals surface area contributed by atoms with E-state index in [0.29, 0.717) is 34.3 Å². The Morgan fingerprint density at radius 3 is 1.69 bits per heavy atom. The quantitative estimate of drug-likeness (QED) is 0.314. The number of hydrogen-bond acceptors (Lipinski definition) is 8. The van der Waals surface area contributed by atoms with Crippen LogP contribution in [-0.2, 0) is 23.1 Å². The molecule has 0 aliphatic carbocycles. The van der Waals surface area contributed by atoms with Crippen LogP contribution in [0.2, 0.25) is 0 Å². The third-order valence-electron chi connectivity index (χ3n) is 5.30. The minimum absolute atomic E-state index is 0.0599. The molecule has 35 heavy (non-hydrogen) atoms. The molecule has 0 aliphatic heterocycles. The van der Waals surface area contributed by atoms with Gasteiger partial charge >= 0.3 is 0 Å². The van der Waals surface area contributed by atoms with Crippen LogP contribution >= 0.6 is 0 Å². The summed E-state index contributed by atoms with van der Waals surface area (Å²) in [4.78, 5) is 8.69. The number of sulfonamides is 1.